The van der Waals surface area contributed by atoms with Gasteiger partial charge in [0.05, 0.1) is 17.8 Å². The maximum absolute atomic E-state index is 12.1. The predicted octanol–water partition coefficient (Wildman–Crippen LogP) is 3.30. The number of aryl methyl sites for hydroxylation is 1. The molecule has 1 aliphatic carbocycles. The Bertz CT molecular complexity index is 596. The number of aromatic nitrogens is 2. The van der Waals surface area contributed by atoms with Gasteiger partial charge in [0.25, 0.3) is 5.91 Å². The minimum absolute atomic E-state index is 0.0418. The first-order valence-electron chi connectivity index (χ1n) is 7.08. The predicted molar refractivity (Wildman–Crippen MR) is 80.0 cm³/mol. The molecular formula is C15H19N3OS. The summed E-state index contributed by atoms with van der Waals surface area (Å²) in [7, 11) is 0. The quantitative estimate of drug-likeness (QED) is 0.938. The van der Waals surface area contributed by atoms with Gasteiger partial charge in [0.15, 0.2) is 0 Å². The molecule has 20 heavy (non-hydrogen) atoms. The summed E-state index contributed by atoms with van der Waals surface area (Å²) in [5.41, 5.74) is 3.08. The van der Waals surface area contributed by atoms with E-state index in [1.165, 1.54) is 36.8 Å². The van der Waals surface area contributed by atoms with Crippen LogP contribution in [0.1, 0.15) is 53.2 Å². The molecule has 0 atom stereocenters. The molecule has 0 aromatic carbocycles. The van der Waals surface area contributed by atoms with Crippen LogP contribution in [0.4, 0.5) is 0 Å². The largest absolute Gasteiger partial charge is 0.348 e. The smallest absolute Gasteiger partial charge is 0.254 e. The zero-order chi connectivity index (χ0) is 13.9. The van der Waals surface area contributed by atoms with Gasteiger partial charge in [-0.3, -0.25) is 9.48 Å². The van der Waals surface area contributed by atoms with Crippen LogP contribution in [0.2, 0.25) is 0 Å². The number of hydrogen-bond donors (Lipinski definition) is 1. The van der Waals surface area contributed by atoms with Crippen molar-refractivity contribution >= 4 is 17.2 Å². The lowest BCUT2D eigenvalue weighted by Gasteiger charge is -2.08. The summed E-state index contributed by atoms with van der Waals surface area (Å²) in [6.07, 6.45) is 8.45. The third-order valence-electron chi connectivity index (χ3n) is 3.96. The Balaban J connectivity index is 1.61. The van der Waals surface area contributed by atoms with Crippen LogP contribution < -0.4 is 5.32 Å². The van der Waals surface area contributed by atoms with E-state index in [9.17, 15) is 4.79 Å². The van der Waals surface area contributed by atoms with Gasteiger partial charge in [-0.15, -0.1) is 0 Å². The van der Waals surface area contributed by atoms with Crippen LogP contribution in [0.5, 0.6) is 0 Å². The lowest BCUT2D eigenvalue weighted by atomic mass is 10.2. The van der Waals surface area contributed by atoms with Crippen molar-refractivity contribution in [2.75, 3.05) is 0 Å². The minimum atomic E-state index is -0.0418. The molecule has 1 saturated carbocycles. The molecule has 106 valence electrons. The van der Waals surface area contributed by atoms with Gasteiger partial charge in [0, 0.05) is 12.7 Å². The standard InChI is InChI=1S/C15H19N3OS/c1-11-9-20-10-13(11)6-16-15(19)12-7-17-18(8-12)14-4-2-3-5-14/h7-10,14H,2-6H2,1H3,(H,16,19). The fraction of sp³-hybridized carbons (Fsp3) is 0.467. The van der Waals surface area contributed by atoms with Crippen molar-refractivity contribution in [2.24, 2.45) is 0 Å². The molecule has 0 radical (unpaired) electrons. The van der Waals surface area contributed by atoms with Gasteiger partial charge in [-0.25, -0.2) is 0 Å². The van der Waals surface area contributed by atoms with E-state index >= 15 is 0 Å². The molecule has 2 aromatic heterocycles. The molecule has 2 heterocycles. The van der Waals surface area contributed by atoms with E-state index in [4.69, 9.17) is 0 Å². The highest BCUT2D eigenvalue weighted by Crippen LogP contribution is 2.28. The third-order valence-corrected chi connectivity index (χ3v) is 4.87. The molecule has 1 amide bonds. The molecule has 0 unspecified atom stereocenters. The number of nitrogens with one attached hydrogen (secondary N) is 1. The molecule has 5 heteroatoms. The Hall–Kier alpha value is -1.62. The third kappa shape index (κ3) is 2.77. The number of carbonyl (C=O) groups excluding carboxylic acids is 1. The summed E-state index contributed by atoms with van der Waals surface area (Å²) in [6.45, 7) is 2.65. The van der Waals surface area contributed by atoms with Crippen LogP contribution in [0.25, 0.3) is 0 Å². The number of thiophene rings is 1. The molecule has 4 nitrogen and oxygen atoms in total. The van der Waals surface area contributed by atoms with Crippen LogP contribution in [0.15, 0.2) is 23.2 Å². The van der Waals surface area contributed by atoms with E-state index < -0.39 is 0 Å². The number of nitrogens with zero attached hydrogens (tertiary/aromatic N) is 2. The van der Waals surface area contributed by atoms with Gasteiger partial charge in [0.2, 0.25) is 0 Å². The molecule has 0 bridgehead atoms. The van der Waals surface area contributed by atoms with Crippen molar-refractivity contribution in [1.82, 2.24) is 15.1 Å². The average molecular weight is 289 g/mol. The van der Waals surface area contributed by atoms with Gasteiger partial charge >= 0.3 is 0 Å². The number of carbonyl (C=O) groups is 1. The fourth-order valence-electron chi connectivity index (χ4n) is 2.67. The fourth-order valence-corrected chi connectivity index (χ4v) is 3.53. The lowest BCUT2D eigenvalue weighted by Crippen LogP contribution is -2.22. The minimum Gasteiger partial charge on any atom is -0.348 e. The molecule has 0 saturated heterocycles. The van der Waals surface area contributed by atoms with Gasteiger partial charge in [-0.05, 0) is 41.7 Å². The summed E-state index contributed by atoms with van der Waals surface area (Å²) in [6, 6.07) is 0.482. The summed E-state index contributed by atoms with van der Waals surface area (Å²) in [4.78, 5) is 12.1. The Morgan fingerprint density at radius 1 is 1.45 bits per heavy atom. The van der Waals surface area contributed by atoms with Crippen molar-refractivity contribution in [2.45, 2.75) is 45.2 Å². The molecule has 0 aliphatic heterocycles. The summed E-state index contributed by atoms with van der Waals surface area (Å²) < 4.78 is 1.96. The first kappa shape index (κ1) is 13.4. The second kappa shape index (κ2) is 5.79. The second-order valence-corrected chi connectivity index (χ2v) is 6.15. The van der Waals surface area contributed by atoms with E-state index in [0.29, 0.717) is 18.2 Å². The normalized spacial score (nSPS) is 15.7. The van der Waals surface area contributed by atoms with Crippen molar-refractivity contribution in [3.8, 4) is 0 Å². The zero-order valence-corrected chi connectivity index (χ0v) is 12.4. The van der Waals surface area contributed by atoms with Crippen LogP contribution >= 0.6 is 11.3 Å². The van der Waals surface area contributed by atoms with E-state index in [2.05, 4.69) is 28.1 Å². The highest BCUT2D eigenvalue weighted by atomic mass is 32.1. The van der Waals surface area contributed by atoms with E-state index in [1.807, 2.05) is 10.9 Å². The Morgan fingerprint density at radius 3 is 2.95 bits per heavy atom. The van der Waals surface area contributed by atoms with Crippen molar-refractivity contribution in [1.29, 1.82) is 0 Å². The Morgan fingerprint density at radius 2 is 2.25 bits per heavy atom. The monoisotopic (exact) mass is 289 g/mol. The van der Waals surface area contributed by atoms with Gasteiger partial charge in [-0.1, -0.05) is 12.8 Å². The number of hydrogen-bond acceptors (Lipinski definition) is 3. The molecule has 0 spiro atoms. The van der Waals surface area contributed by atoms with Crippen molar-refractivity contribution in [3.63, 3.8) is 0 Å². The van der Waals surface area contributed by atoms with Crippen LogP contribution in [-0.4, -0.2) is 15.7 Å². The maximum atomic E-state index is 12.1. The lowest BCUT2D eigenvalue weighted by molar-refractivity contribution is 0.0951. The molecule has 1 aliphatic rings. The van der Waals surface area contributed by atoms with E-state index in [1.54, 1.807) is 17.5 Å². The average Bonchev–Trinajstić information content (AvgIpc) is 3.17. The molecule has 3 rings (SSSR count). The topological polar surface area (TPSA) is 46.9 Å². The Kier molecular flexibility index (Phi) is 3.87. The second-order valence-electron chi connectivity index (χ2n) is 5.41. The van der Waals surface area contributed by atoms with E-state index in [0.717, 1.165) is 0 Å². The summed E-state index contributed by atoms with van der Waals surface area (Å²) in [5.74, 6) is -0.0418. The first-order valence-corrected chi connectivity index (χ1v) is 8.02. The van der Waals surface area contributed by atoms with Gasteiger partial charge in [-0.2, -0.15) is 16.4 Å². The molecule has 1 N–H and O–H groups in total. The molecule has 1 fully saturated rings. The zero-order valence-electron chi connectivity index (χ0n) is 11.6. The molecular weight excluding hydrogens is 270 g/mol. The highest BCUT2D eigenvalue weighted by Gasteiger charge is 2.19. The van der Waals surface area contributed by atoms with E-state index in [-0.39, 0.29) is 5.91 Å². The first-order chi connectivity index (χ1) is 9.74. The summed E-state index contributed by atoms with van der Waals surface area (Å²) in [5, 5.41) is 11.5. The number of amides is 1. The summed E-state index contributed by atoms with van der Waals surface area (Å²) >= 11 is 1.67. The van der Waals surface area contributed by atoms with Crippen molar-refractivity contribution < 1.29 is 4.79 Å². The maximum Gasteiger partial charge on any atom is 0.254 e. The highest BCUT2D eigenvalue weighted by molar-refractivity contribution is 7.08. The van der Waals surface area contributed by atoms with Crippen LogP contribution in [0, 0.1) is 6.92 Å². The van der Waals surface area contributed by atoms with Crippen LogP contribution in [-0.2, 0) is 6.54 Å². The number of rotatable bonds is 4. The van der Waals surface area contributed by atoms with Crippen LogP contribution in [0.3, 0.4) is 0 Å². The van der Waals surface area contributed by atoms with Gasteiger partial charge < -0.3 is 5.32 Å². The Labute approximate surface area is 122 Å². The SMILES string of the molecule is Cc1cscc1CNC(=O)c1cnn(C2CCCC2)c1. The van der Waals surface area contributed by atoms with Gasteiger partial charge in [0.1, 0.15) is 0 Å². The van der Waals surface area contributed by atoms with Crippen molar-refractivity contribution in [3.05, 3.63) is 39.8 Å². The molecule has 2 aromatic rings.